The molecule has 1 saturated heterocycles. The SMILES string of the molecule is CCOC(=O)C1CCN(C(=O)c2csc(CN(C(=O)Nc3ccc(Cl)c(Cl)c3)C(C)C)n2)CC1. The molecule has 1 aliphatic heterocycles. The van der Waals surface area contributed by atoms with Gasteiger partial charge in [0, 0.05) is 30.2 Å². The van der Waals surface area contributed by atoms with Gasteiger partial charge in [-0.05, 0) is 51.8 Å². The fourth-order valence-corrected chi connectivity index (χ4v) is 4.69. The van der Waals surface area contributed by atoms with Crippen molar-refractivity contribution in [1.82, 2.24) is 14.8 Å². The summed E-state index contributed by atoms with van der Waals surface area (Å²) in [5.41, 5.74) is 0.884. The van der Waals surface area contributed by atoms with Crippen molar-refractivity contribution in [2.75, 3.05) is 25.0 Å². The van der Waals surface area contributed by atoms with Crippen LogP contribution >= 0.6 is 34.5 Å². The van der Waals surface area contributed by atoms with E-state index in [1.165, 1.54) is 11.3 Å². The molecule has 0 unspecified atom stereocenters. The van der Waals surface area contributed by atoms with Crippen LogP contribution in [0.4, 0.5) is 10.5 Å². The first-order chi connectivity index (χ1) is 16.2. The Kier molecular flexibility index (Phi) is 9.16. The second-order valence-corrected chi connectivity index (χ2v) is 9.98. The standard InChI is InChI=1S/C23H28Cl2N4O4S/c1-4-33-22(31)15-7-9-28(10-8-15)21(30)19-13-34-20(27-19)12-29(14(2)3)23(32)26-16-5-6-17(24)18(25)11-16/h5-6,11,13-15H,4,7-10,12H2,1-3H3,(H,26,32). The Bertz CT molecular complexity index is 1040. The van der Waals surface area contributed by atoms with Crippen LogP contribution in [0.3, 0.4) is 0 Å². The number of likely N-dealkylation sites (tertiary alicyclic amines) is 1. The first-order valence-corrected chi connectivity index (χ1v) is 12.8. The highest BCUT2D eigenvalue weighted by atomic mass is 35.5. The third-order valence-corrected chi connectivity index (χ3v) is 7.11. The summed E-state index contributed by atoms with van der Waals surface area (Å²) < 4.78 is 5.09. The molecule has 0 radical (unpaired) electrons. The number of ether oxygens (including phenoxy) is 1. The molecular formula is C23H28Cl2N4O4S. The second-order valence-electron chi connectivity index (χ2n) is 8.23. The van der Waals surface area contributed by atoms with E-state index in [1.54, 1.807) is 40.3 Å². The molecule has 1 aromatic carbocycles. The van der Waals surface area contributed by atoms with Crippen LogP contribution in [0.15, 0.2) is 23.6 Å². The van der Waals surface area contributed by atoms with Gasteiger partial charge >= 0.3 is 12.0 Å². The van der Waals surface area contributed by atoms with Crippen LogP contribution in [-0.4, -0.2) is 58.4 Å². The zero-order valence-corrected chi connectivity index (χ0v) is 21.7. The molecule has 8 nitrogen and oxygen atoms in total. The van der Waals surface area contributed by atoms with Crippen LogP contribution in [0.25, 0.3) is 0 Å². The summed E-state index contributed by atoms with van der Waals surface area (Å²) in [4.78, 5) is 45.5. The number of piperidine rings is 1. The molecule has 1 aromatic heterocycles. The van der Waals surface area contributed by atoms with Crippen molar-refractivity contribution in [3.05, 3.63) is 44.3 Å². The Morgan fingerprint density at radius 1 is 1.24 bits per heavy atom. The molecule has 3 amide bonds. The number of thiazole rings is 1. The maximum atomic E-state index is 12.9. The van der Waals surface area contributed by atoms with E-state index in [0.29, 0.717) is 59.0 Å². The van der Waals surface area contributed by atoms with E-state index >= 15 is 0 Å². The monoisotopic (exact) mass is 526 g/mol. The van der Waals surface area contributed by atoms with Crippen LogP contribution in [-0.2, 0) is 16.1 Å². The van der Waals surface area contributed by atoms with Crippen molar-refractivity contribution in [3.63, 3.8) is 0 Å². The number of aromatic nitrogens is 1. The lowest BCUT2D eigenvalue weighted by molar-refractivity contribution is -0.149. The van der Waals surface area contributed by atoms with Gasteiger partial charge in [-0.15, -0.1) is 11.3 Å². The first kappa shape index (κ1) is 26.2. The lowest BCUT2D eigenvalue weighted by atomic mass is 9.97. The fourth-order valence-electron chi connectivity index (χ4n) is 3.63. The highest BCUT2D eigenvalue weighted by Gasteiger charge is 2.30. The zero-order chi connectivity index (χ0) is 24.8. The molecule has 3 rings (SSSR count). The summed E-state index contributed by atoms with van der Waals surface area (Å²) in [5, 5.41) is 5.95. The van der Waals surface area contributed by atoms with Crippen LogP contribution < -0.4 is 5.32 Å². The maximum Gasteiger partial charge on any atom is 0.322 e. The third kappa shape index (κ3) is 6.61. The summed E-state index contributed by atoms with van der Waals surface area (Å²) >= 11 is 13.3. The van der Waals surface area contributed by atoms with Crippen molar-refractivity contribution in [2.24, 2.45) is 5.92 Å². The number of urea groups is 1. The predicted octanol–water partition coefficient (Wildman–Crippen LogP) is 5.31. The van der Waals surface area contributed by atoms with Crippen molar-refractivity contribution in [1.29, 1.82) is 0 Å². The lowest BCUT2D eigenvalue weighted by Crippen LogP contribution is -2.41. The molecule has 0 aliphatic carbocycles. The summed E-state index contributed by atoms with van der Waals surface area (Å²) in [6.45, 7) is 7.18. The van der Waals surface area contributed by atoms with E-state index in [0.717, 1.165) is 0 Å². The van der Waals surface area contributed by atoms with Gasteiger partial charge in [0.05, 0.1) is 29.1 Å². The van der Waals surface area contributed by atoms with E-state index in [4.69, 9.17) is 27.9 Å². The zero-order valence-electron chi connectivity index (χ0n) is 19.3. The number of carbonyl (C=O) groups excluding carboxylic acids is 3. The minimum absolute atomic E-state index is 0.104. The van der Waals surface area contributed by atoms with Crippen molar-refractivity contribution in [2.45, 2.75) is 46.2 Å². The van der Waals surface area contributed by atoms with Gasteiger partial charge in [-0.3, -0.25) is 9.59 Å². The molecule has 0 saturated carbocycles. The van der Waals surface area contributed by atoms with E-state index in [1.807, 2.05) is 13.8 Å². The van der Waals surface area contributed by atoms with E-state index in [-0.39, 0.29) is 36.4 Å². The minimum Gasteiger partial charge on any atom is -0.466 e. The number of rotatable bonds is 7. The molecule has 1 N–H and O–H groups in total. The van der Waals surface area contributed by atoms with Gasteiger partial charge in [0.2, 0.25) is 0 Å². The maximum absolute atomic E-state index is 12.9. The molecular weight excluding hydrogens is 499 g/mol. The molecule has 1 aliphatic rings. The highest BCUT2D eigenvalue weighted by Crippen LogP contribution is 2.26. The van der Waals surface area contributed by atoms with E-state index in [2.05, 4.69) is 10.3 Å². The molecule has 2 heterocycles. The topological polar surface area (TPSA) is 91.8 Å². The van der Waals surface area contributed by atoms with Crippen LogP contribution in [0.1, 0.15) is 49.1 Å². The predicted molar refractivity (Wildman–Crippen MR) is 134 cm³/mol. The summed E-state index contributed by atoms with van der Waals surface area (Å²) in [6, 6.07) is 4.47. The van der Waals surface area contributed by atoms with E-state index < -0.39 is 0 Å². The number of halogens is 2. The van der Waals surface area contributed by atoms with Crippen LogP contribution in [0, 0.1) is 5.92 Å². The van der Waals surface area contributed by atoms with Crippen molar-refractivity contribution < 1.29 is 19.1 Å². The van der Waals surface area contributed by atoms with Gasteiger partial charge in [-0.1, -0.05) is 23.2 Å². The number of nitrogens with one attached hydrogen (secondary N) is 1. The van der Waals surface area contributed by atoms with Crippen molar-refractivity contribution in [3.8, 4) is 0 Å². The average molecular weight is 527 g/mol. The summed E-state index contributed by atoms with van der Waals surface area (Å²) in [7, 11) is 0. The van der Waals surface area contributed by atoms with Gasteiger partial charge < -0.3 is 19.9 Å². The Morgan fingerprint density at radius 2 is 1.94 bits per heavy atom. The first-order valence-electron chi connectivity index (χ1n) is 11.1. The van der Waals surface area contributed by atoms with Gasteiger partial charge in [0.15, 0.2) is 0 Å². The number of anilines is 1. The average Bonchev–Trinajstić information content (AvgIpc) is 3.28. The fraction of sp³-hybridized carbons (Fsp3) is 0.478. The summed E-state index contributed by atoms with van der Waals surface area (Å²) in [6.07, 6.45) is 1.16. The normalized spacial score (nSPS) is 14.2. The molecule has 2 aromatic rings. The quantitative estimate of drug-likeness (QED) is 0.493. The Hall–Kier alpha value is -2.36. The highest BCUT2D eigenvalue weighted by molar-refractivity contribution is 7.09. The number of amides is 3. The van der Waals surface area contributed by atoms with E-state index in [9.17, 15) is 14.4 Å². The lowest BCUT2D eigenvalue weighted by Gasteiger charge is -2.30. The van der Waals surface area contributed by atoms with Crippen LogP contribution in [0.5, 0.6) is 0 Å². The van der Waals surface area contributed by atoms with Gasteiger partial charge in [0.25, 0.3) is 5.91 Å². The number of benzene rings is 1. The number of carbonyl (C=O) groups is 3. The number of nitrogens with zero attached hydrogens (tertiary/aromatic N) is 3. The van der Waals surface area contributed by atoms with Crippen LogP contribution in [0.2, 0.25) is 10.0 Å². The smallest absolute Gasteiger partial charge is 0.322 e. The second kappa shape index (κ2) is 11.9. The number of hydrogen-bond donors (Lipinski definition) is 1. The molecule has 0 atom stereocenters. The Balaban J connectivity index is 1.60. The van der Waals surface area contributed by atoms with Gasteiger partial charge in [0.1, 0.15) is 10.7 Å². The molecule has 0 spiro atoms. The van der Waals surface area contributed by atoms with Gasteiger partial charge in [-0.25, -0.2) is 9.78 Å². The Morgan fingerprint density at radius 3 is 2.56 bits per heavy atom. The molecule has 34 heavy (non-hydrogen) atoms. The molecule has 1 fully saturated rings. The molecule has 184 valence electrons. The van der Waals surface area contributed by atoms with Gasteiger partial charge in [-0.2, -0.15) is 0 Å². The van der Waals surface area contributed by atoms with Crippen molar-refractivity contribution >= 4 is 58.1 Å². The Labute approximate surface area is 213 Å². The third-order valence-electron chi connectivity index (χ3n) is 5.53. The number of hydrogen-bond acceptors (Lipinski definition) is 6. The molecule has 0 bridgehead atoms. The summed E-state index contributed by atoms with van der Waals surface area (Å²) in [5.74, 6) is -0.525. The minimum atomic E-state index is -0.308. The molecule has 11 heteroatoms. The number of esters is 1. The largest absolute Gasteiger partial charge is 0.466 e.